The Morgan fingerprint density at radius 1 is 1.26 bits per heavy atom. The molecule has 1 aliphatic rings. The number of pyridine rings is 1. The van der Waals surface area contributed by atoms with Gasteiger partial charge in [0.15, 0.2) is 0 Å². The maximum Gasteiger partial charge on any atom is 0.126 e. The maximum atomic E-state index is 4.60. The molecule has 0 spiro atoms. The largest absolute Gasteiger partial charge is 0.373 e. The molecule has 19 heavy (non-hydrogen) atoms. The third-order valence-electron chi connectivity index (χ3n) is 4.26. The van der Waals surface area contributed by atoms with Gasteiger partial charge in [0.05, 0.1) is 5.69 Å². The molecule has 1 aliphatic heterocycles. The smallest absolute Gasteiger partial charge is 0.126 e. The van der Waals surface area contributed by atoms with Gasteiger partial charge in [0, 0.05) is 13.6 Å². The van der Waals surface area contributed by atoms with Gasteiger partial charge < -0.3 is 5.32 Å². The Bertz CT molecular complexity index is 401. The zero-order chi connectivity index (χ0) is 13.9. The van der Waals surface area contributed by atoms with Gasteiger partial charge in [-0.2, -0.15) is 0 Å². The van der Waals surface area contributed by atoms with Gasteiger partial charge in [0.25, 0.3) is 0 Å². The number of nitrogens with one attached hydrogen (secondary N) is 1. The number of anilines is 1. The van der Waals surface area contributed by atoms with Crippen molar-refractivity contribution in [3.8, 4) is 0 Å². The van der Waals surface area contributed by atoms with Crippen LogP contribution in [-0.4, -0.2) is 30.0 Å². The molecule has 106 valence electrons. The first-order valence-corrected chi connectivity index (χ1v) is 7.35. The van der Waals surface area contributed by atoms with Crippen molar-refractivity contribution >= 4 is 5.82 Å². The molecule has 1 aromatic rings. The minimum absolute atomic E-state index is 0.455. The van der Waals surface area contributed by atoms with Gasteiger partial charge in [0.2, 0.25) is 0 Å². The lowest BCUT2D eigenvalue weighted by molar-refractivity contribution is 0.107. The quantitative estimate of drug-likeness (QED) is 0.904. The Morgan fingerprint density at radius 3 is 2.53 bits per heavy atom. The number of likely N-dealkylation sites (tertiary alicyclic amines) is 1. The zero-order valence-electron chi connectivity index (χ0n) is 12.7. The topological polar surface area (TPSA) is 28.2 Å². The molecule has 3 heteroatoms. The van der Waals surface area contributed by atoms with Crippen molar-refractivity contribution in [3.05, 3.63) is 23.9 Å². The summed E-state index contributed by atoms with van der Waals surface area (Å²) >= 11 is 0. The van der Waals surface area contributed by atoms with E-state index in [4.69, 9.17) is 0 Å². The predicted molar refractivity (Wildman–Crippen MR) is 81.2 cm³/mol. The molecule has 1 saturated heterocycles. The normalized spacial score (nSPS) is 18.5. The van der Waals surface area contributed by atoms with Crippen molar-refractivity contribution in [1.82, 2.24) is 9.88 Å². The van der Waals surface area contributed by atoms with Crippen molar-refractivity contribution in [1.29, 1.82) is 0 Å². The Kier molecular flexibility index (Phi) is 4.46. The Morgan fingerprint density at radius 2 is 1.95 bits per heavy atom. The standard InChI is InChI=1S/C16H27N3/c1-16(2,3)13-8-10-19(11-9-13)12-14-6-5-7-15(17-4)18-14/h5-7,13H,8-12H2,1-4H3,(H,17,18). The highest BCUT2D eigenvalue weighted by Crippen LogP contribution is 2.34. The number of nitrogens with zero attached hydrogens (tertiary/aromatic N) is 2. The van der Waals surface area contributed by atoms with E-state index in [0.717, 1.165) is 18.3 Å². The first kappa shape index (κ1) is 14.3. The van der Waals surface area contributed by atoms with Gasteiger partial charge in [-0.3, -0.25) is 4.90 Å². The van der Waals surface area contributed by atoms with E-state index in [0.29, 0.717) is 5.41 Å². The molecule has 1 N–H and O–H groups in total. The zero-order valence-corrected chi connectivity index (χ0v) is 12.7. The molecule has 0 atom stereocenters. The van der Waals surface area contributed by atoms with E-state index in [-0.39, 0.29) is 0 Å². The minimum atomic E-state index is 0.455. The molecular formula is C16H27N3. The number of hydrogen-bond acceptors (Lipinski definition) is 3. The molecule has 2 rings (SSSR count). The lowest BCUT2D eigenvalue weighted by Gasteiger charge is -2.38. The summed E-state index contributed by atoms with van der Waals surface area (Å²) in [5, 5.41) is 3.10. The van der Waals surface area contributed by atoms with E-state index < -0.39 is 0 Å². The average Bonchev–Trinajstić information content (AvgIpc) is 2.38. The van der Waals surface area contributed by atoms with E-state index in [1.807, 2.05) is 13.1 Å². The molecule has 0 aromatic carbocycles. The molecule has 0 amide bonds. The maximum absolute atomic E-state index is 4.60. The summed E-state index contributed by atoms with van der Waals surface area (Å²) in [6, 6.07) is 6.21. The van der Waals surface area contributed by atoms with E-state index in [1.165, 1.54) is 31.6 Å². The van der Waals surface area contributed by atoms with Crippen LogP contribution < -0.4 is 5.32 Å². The molecule has 1 aromatic heterocycles. The summed E-state index contributed by atoms with van der Waals surface area (Å²) < 4.78 is 0. The molecule has 1 fully saturated rings. The van der Waals surface area contributed by atoms with Crippen LogP contribution in [0.25, 0.3) is 0 Å². The predicted octanol–water partition coefficient (Wildman–Crippen LogP) is 3.38. The Labute approximate surface area is 117 Å². The van der Waals surface area contributed by atoms with E-state index in [9.17, 15) is 0 Å². The second kappa shape index (κ2) is 5.91. The highest BCUT2D eigenvalue weighted by Gasteiger charge is 2.28. The molecule has 0 radical (unpaired) electrons. The lowest BCUT2D eigenvalue weighted by Crippen LogP contribution is -2.37. The third-order valence-corrected chi connectivity index (χ3v) is 4.26. The summed E-state index contributed by atoms with van der Waals surface area (Å²) in [7, 11) is 1.92. The molecule has 2 heterocycles. The van der Waals surface area contributed by atoms with Crippen LogP contribution in [0, 0.1) is 11.3 Å². The fourth-order valence-corrected chi connectivity index (χ4v) is 2.89. The molecule has 0 saturated carbocycles. The third kappa shape index (κ3) is 3.93. The van der Waals surface area contributed by atoms with Crippen LogP contribution in [0.3, 0.4) is 0 Å². The van der Waals surface area contributed by atoms with Crippen LogP contribution in [0.2, 0.25) is 0 Å². The van der Waals surface area contributed by atoms with Gasteiger partial charge in [-0.05, 0) is 49.4 Å². The second-order valence-electron chi connectivity index (χ2n) is 6.68. The summed E-state index contributed by atoms with van der Waals surface area (Å²) in [5.41, 5.74) is 1.62. The van der Waals surface area contributed by atoms with E-state index in [1.54, 1.807) is 0 Å². The van der Waals surface area contributed by atoms with Crippen molar-refractivity contribution in [2.75, 3.05) is 25.5 Å². The first-order chi connectivity index (χ1) is 8.99. The molecule has 0 bridgehead atoms. The number of rotatable bonds is 3. The van der Waals surface area contributed by atoms with Crippen LogP contribution in [-0.2, 0) is 6.54 Å². The van der Waals surface area contributed by atoms with E-state index >= 15 is 0 Å². The van der Waals surface area contributed by atoms with Crippen LogP contribution in [0.5, 0.6) is 0 Å². The van der Waals surface area contributed by atoms with Crippen LogP contribution in [0.15, 0.2) is 18.2 Å². The van der Waals surface area contributed by atoms with Crippen LogP contribution in [0.4, 0.5) is 5.82 Å². The summed E-state index contributed by atoms with van der Waals surface area (Å²) in [4.78, 5) is 7.13. The summed E-state index contributed by atoms with van der Waals surface area (Å²) in [6.45, 7) is 10.5. The highest BCUT2D eigenvalue weighted by atomic mass is 15.1. The van der Waals surface area contributed by atoms with Gasteiger partial charge in [-0.25, -0.2) is 4.98 Å². The van der Waals surface area contributed by atoms with Crippen LogP contribution in [0.1, 0.15) is 39.3 Å². The van der Waals surface area contributed by atoms with Gasteiger partial charge in [-0.1, -0.05) is 26.8 Å². The minimum Gasteiger partial charge on any atom is -0.373 e. The second-order valence-corrected chi connectivity index (χ2v) is 6.68. The summed E-state index contributed by atoms with van der Waals surface area (Å²) in [5.74, 6) is 1.82. The monoisotopic (exact) mass is 261 g/mol. The highest BCUT2D eigenvalue weighted by molar-refractivity contribution is 5.34. The molecule has 3 nitrogen and oxygen atoms in total. The first-order valence-electron chi connectivity index (χ1n) is 7.35. The van der Waals surface area contributed by atoms with Crippen molar-refractivity contribution < 1.29 is 0 Å². The van der Waals surface area contributed by atoms with E-state index in [2.05, 4.69) is 48.1 Å². The fraction of sp³-hybridized carbons (Fsp3) is 0.688. The van der Waals surface area contributed by atoms with Gasteiger partial charge in [0.1, 0.15) is 5.82 Å². The molecular weight excluding hydrogens is 234 g/mol. The molecule has 0 unspecified atom stereocenters. The lowest BCUT2D eigenvalue weighted by atomic mass is 9.75. The number of hydrogen-bond donors (Lipinski definition) is 1. The molecule has 0 aliphatic carbocycles. The van der Waals surface area contributed by atoms with Gasteiger partial charge in [-0.15, -0.1) is 0 Å². The van der Waals surface area contributed by atoms with Crippen molar-refractivity contribution in [2.45, 2.75) is 40.2 Å². The van der Waals surface area contributed by atoms with Crippen LogP contribution >= 0.6 is 0 Å². The number of piperidine rings is 1. The number of aromatic nitrogens is 1. The summed E-state index contributed by atoms with van der Waals surface area (Å²) in [6.07, 6.45) is 2.63. The van der Waals surface area contributed by atoms with Crippen molar-refractivity contribution in [3.63, 3.8) is 0 Å². The SMILES string of the molecule is CNc1cccc(CN2CCC(C(C)(C)C)CC2)n1. The fourth-order valence-electron chi connectivity index (χ4n) is 2.89. The average molecular weight is 261 g/mol. The Hall–Kier alpha value is -1.09. The van der Waals surface area contributed by atoms with Gasteiger partial charge >= 0.3 is 0 Å². The Balaban J connectivity index is 1.88. The van der Waals surface area contributed by atoms with Crippen molar-refractivity contribution in [2.24, 2.45) is 11.3 Å².